The van der Waals surface area contributed by atoms with E-state index in [9.17, 15) is 0 Å². The molecule has 7 nitrogen and oxygen atoms in total. The van der Waals surface area contributed by atoms with Crippen LogP contribution in [0.1, 0.15) is 52.2 Å². The number of thiophene rings is 1. The summed E-state index contributed by atoms with van der Waals surface area (Å²) in [4.78, 5) is 11.6. The number of ether oxygens (including phenoxy) is 1. The van der Waals surface area contributed by atoms with Crippen LogP contribution in [0.3, 0.4) is 0 Å². The average molecular weight is 522 g/mol. The van der Waals surface area contributed by atoms with Gasteiger partial charge >= 0.3 is 0 Å². The smallest absolute Gasteiger partial charge is 0.224 e. The molecular weight excluding hydrogens is 486 g/mol. The van der Waals surface area contributed by atoms with Gasteiger partial charge in [0, 0.05) is 28.7 Å². The van der Waals surface area contributed by atoms with Crippen molar-refractivity contribution in [3.63, 3.8) is 0 Å². The van der Waals surface area contributed by atoms with E-state index in [1.54, 1.807) is 11.3 Å². The molecule has 4 rings (SSSR count). The van der Waals surface area contributed by atoms with E-state index < -0.39 is 8.32 Å². The van der Waals surface area contributed by atoms with Crippen LogP contribution in [0, 0.1) is 13.8 Å². The molecule has 1 fully saturated rings. The molecule has 2 unspecified atom stereocenters. The first-order valence-electron chi connectivity index (χ1n) is 11.8. The monoisotopic (exact) mass is 521 g/mol. The minimum Gasteiger partial charge on any atom is -0.396 e. The third kappa shape index (κ3) is 4.53. The Labute approximate surface area is 212 Å². The van der Waals surface area contributed by atoms with Gasteiger partial charge in [-0.2, -0.15) is 10.1 Å². The van der Waals surface area contributed by atoms with Crippen molar-refractivity contribution in [2.45, 2.75) is 78.9 Å². The Balaban J connectivity index is 1.77. The Bertz CT molecular complexity index is 1200. The fourth-order valence-electron chi connectivity index (χ4n) is 4.35. The summed E-state index contributed by atoms with van der Waals surface area (Å²) in [6, 6.07) is 0.230. The summed E-state index contributed by atoms with van der Waals surface area (Å²) < 4.78 is 15.3. The zero-order valence-corrected chi connectivity index (χ0v) is 24.3. The summed E-state index contributed by atoms with van der Waals surface area (Å²) in [5.74, 6) is 0.888. The highest BCUT2D eigenvalue weighted by molar-refractivity contribution is 7.18. The Hall–Kier alpha value is -1.52. The molecule has 0 bridgehead atoms. The van der Waals surface area contributed by atoms with Crippen LogP contribution >= 0.6 is 22.9 Å². The van der Waals surface area contributed by atoms with Gasteiger partial charge in [-0.15, -0.1) is 11.3 Å². The Kier molecular flexibility index (Phi) is 6.89. The molecule has 0 amide bonds. The molecule has 3 aromatic rings. The molecule has 186 valence electrons. The number of fused-ring (bicyclic) bond motifs is 1. The molecule has 34 heavy (non-hydrogen) atoms. The summed E-state index contributed by atoms with van der Waals surface area (Å²) in [6.45, 7) is 21.9. The lowest BCUT2D eigenvalue weighted by Gasteiger charge is -2.38. The van der Waals surface area contributed by atoms with Crippen molar-refractivity contribution in [2.75, 3.05) is 24.7 Å². The summed E-state index contributed by atoms with van der Waals surface area (Å²) in [7, 11) is -1.95. The summed E-state index contributed by atoms with van der Waals surface area (Å²) >= 11 is 8.11. The quantitative estimate of drug-likeness (QED) is 0.278. The lowest BCUT2D eigenvalue weighted by molar-refractivity contribution is 0.0987. The maximum atomic E-state index is 6.65. The second-order valence-corrected chi connectivity index (χ2v) is 16.7. The zero-order chi connectivity index (χ0) is 25.0. The lowest BCUT2D eigenvalue weighted by Crippen LogP contribution is -2.44. The Morgan fingerprint density at radius 2 is 1.97 bits per heavy atom. The predicted molar refractivity (Wildman–Crippen MR) is 144 cm³/mol. The number of aryl methyl sites for hydroxylation is 1. The molecule has 4 heterocycles. The summed E-state index contributed by atoms with van der Waals surface area (Å²) in [5, 5.41) is 7.45. The minimum atomic E-state index is -1.95. The molecule has 0 N–H and O–H groups in total. The molecule has 3 aromatic heterocycles. The molecule has 0 radical (unpaired) electrons. The second kappa shape index (κ2) is 9.17. The molecule has 10 heteroatoms. The van der Waals surface area contributed by atoms with Gasteiger partial charge in [0.1, 0.15) is 6.23 Å². The number of rotatable bonds is 5. The molecule has 1 aliphatic heterocycles. The zero-order valence-electron chi connectivity index (χ0n) is 21.7. The van der Waals surface area contributed by atoms with Gasteiger partial charge in [-0.3, -0.25) is 0 Å². The number of nitrogens with zero attached hydrogens (tertiary/aromatic N) is 5. The number of halogens is 1. The van der Waals surface area contributed by atoms with Crippen molar-refractivity contribution in [1.29, 1.82) is 0 Å². The van der Waals surface area contributed by atoms with Crippen LogP contribution in [-0.4, -0.2) is 53.9 Å². The first-order valence-corrected chi connectivity index (χ1v) is 16.0. The van der Waals surface area contributed by atoms with E-state index in [1.807, 2.05) is 4.68 Å². The van der Waals surface area contributed by atoms with Crippen LogP contribution in [0.2, 0.25) is 23.4 Å². The van der Waals surface area contributed by atoms with Gasteiger partial charge in [-0.05, 0) is 57.4 Å². The molecule has 0 spiro atoms. The highest BCUT2D eigenvalue weighted by Gasteiger charge is 2.39. The van der Waals surface area contributed by atoms with Crippen LogP contribution in [-0.2, 0) is 9.16 Å². The van der Waals surface area contributed by atoms with Gasteiger partial charge in [0.15, 0.2) is 14.1 Å². The van der Waals surface area contributed by atoms with Crippen molar-refractivity contribution >= 4 is 47.3 Å². The Morgan fingerprint density at radius 3 is 2.62 bits per heavy atom. The number of anilines is 1. The second-order valence-electron chi connectivity index (χ2n) is 10.7. The van der Waals surface area contributed by atoms with Crippen LogP contribution in [0.5, 0.6) is 0 Å². The molecule has 0 aliphatic carbocycles. The third-order valence-electron chi connectivity index (χ3n) is 7.22. The molecule has 0 aromatic carbocycles. The lowest BCUT2D eigenvalue weighted by atomic mass is 10.1. The first-order chi connectivity index (χ1) is 15.8. The van der Waals surface area contributed by atoms with Crippen LogP contribution in [0.25, 0.3) is 21.3 Å². The van der Waals surface area contributed by atoms with E-state index in [0.29, 0.717) is 13.2 Å². The topological polar surface area (TPSA) is 65.3 Å². The normalized spacial score (nSPS) is 18.6. The van der Waals surface area contributed by atoms with E-state index in [1.165, 1.54) is 0 Å². The van der Waals surface area contributed by atoms with Crippen molar-refractivity contribution in [2.24, 2.45) is 0 Å². The van der Waals surface area contributed by atoms with Gasteiger partial charge in [-0.1, -0.05) is 20.8 Å². The van der Waals surface area contributed by atoms with E-state index in [4.69, 9.17) is 25.9 Å². The number of morpholine rings is 1. The van der Waals surface area contributed by atoms with Gasteiger partial charge in [0.25, 0.3) is 0 Å². The standard InChI is InChI=1S/C24H36ClN5O2SSi/c1-14-12-31-11-10-29(14)22-21-20(26-23(25)27-22)18(13-33-21)19-15(2)28-30(16(19)3)17(4)32-34(8,9)24(5,6)7/h13-14,17H,10-12H2,1-9H3. The van der Waals surface area contributed by atoms with Gasteiger partial charge in [0.05, 0.1) is 35.2 Å². The SMILES string of the molecule is Cc1nn(C(C)O[Si](C)(C)C(C)(C)C)c(C)c1-c1csc2c(N3CCOCC3C)nc(Cl)nc12. The van der Waals surface area contributed by atoms with E-state index in [0.717, 1.165) is 45.1 Å². The van der Waals surface area contributed by atoms with Gasteiger partial charge in [0.2, 0.25) is 5.28 Å². The van der Waals surface area contributed by atoms with Crippen LogP contribution in [0.4, 0.5) is 5.82 Å². The highest BCUT2D eigenvalue weighted by atomic mass is 35.5. The van der Waals surface area contributed by atoms with Gasteiger partial charge < -0.3 is 14.1 Å². The maximum Gasteiger partial charge on any atom is 0.224 e. The highest BCUT2D eigenvalue weighted by Crippen LogP contribution is 2.42. The van der Waals surface area contributed by atoms with E-state index >= 15 is 0 Å². The van der Waals surface area contributed by atoms with Crippen LogP contribution in [0.15, 0.2) is 5.38 Å². The maximum absolute atomic E-state index is 6.65. The third-order valence-corrected chi connectivity index (χ3v) is 12.9. The number of aromatic nitrogens is 4. The molecular formula is C24H36ClN5O2SSi. The number of hydrogen-bond acceptors (Lipinski definition) is 7. The van der Waals surface area contributed by atoms with Crippen molar-refractivity contribution < 1.29 is 9.16 Å². The fourth-order valence-corrected chi connectivity index (χ4v) is 6.82. The molecule has 1 saturated heterocycles. The predicted octanol–water partition coefficient (Wildman–Crippen LogP) is 6.59. The van der Waals surface area contributed by atoms with Gasteiger partial charge in [-0.25, -0.2) is 9.67 Å². The van der Waals surface area contributed by atoms with Crippen molar-refractivity contribution in [1.82, 2.24) is 19.7 Å². The molecule has 1 aliphatic rings. The van der Waals surface area contributed by atoms with Crippen molar-refractivity contribution in [3.05, 3.63) is 22.1 Å². The summed E-state index contributed by atoms with van der Waals surface area (Å²) in [6.07, 6.45) is -0.152. The van der Waals surface area contributed by atoms with Crippen LogP contribution < -0.4 is 4.90 Å². The fraction of sp³-hybridized carbons (Fsp3) is 0.625. The van der Waals surface area contributed by atoms with Crippen molar-refractivity contribution in [3.8, 4) is 11.1 Å². The van der Waals surface area contributed by atoms with E-state index in [2.05, 4.69) is 81.8 Å². The molecule has 2 atom stereocenters. The molecule has 0 saturated carbocycles. The number of hydrogen-bond donors (Lipinski definition) is 0. The first kappa shape index (κ1) is 25.6. The average Bonchev–Trinajstić information content (AvgIpc) is 3.26. The largest absolute Gasteiger partial charge is 0.396 e. The Morgan fingerprint density at radius 1 is 1.26 bits per heavy atom. The van der Waals surface area contributed by atoms with E-state index in [-0.39, 0.29) is 22.6 Å². The summed E-state index contributed by atoms with van der Waals surface area (Å²) in [5.41, 5.74) is 5.04. The minimum absolute atomic E-state index is 0.129.